The van der Waals surface area contributed by atoms with Gasteiger partial charge < -0.3 is 4.74 Å². The summed E-state index contributed by atoms with van der Waals surface area (Å²) < 4.78 is 5.75. The van der Waals surface area contributed by atoms with Gasteiger partial charge in [0.15, 0.2) is 0 Å². The van der Waals surface area contributed by atoms with Crippen LogP contribution in [0.15, 0.2) is 59.5 Å². The van der Waals surface area contributed by atoms with Gasteiger partial charge in [-0.25, -0.2) is 0 Å². The number of carbonyl (C=O) groups is 1. The summed E-state index contributed by atoms with van der Waals surface area (Å²) in [6, 6.07) is 17.4. The standard InChI is InChI=1S/C19H17NO2S2/c1-13(15-6-4-3-5-7-15)20-18(21)17(24-19(20)23)12-14-8-10-16(22-2)11-9-14/h3-13H,1-2H3/b17-12+/t13-/m1/s1. The molecule has 5 heteroatoms. The van der Waals surface area contributed by atoms with Crippen LogP contribution in [0.5, 0.6) is 5.75 Å². The number of ether oxygens (including phenoxy) is 1. The highest BCUT2D eigenvalue weighted by atomic mass is 32.2. The minimum atomic E-state index is -0.0829. The highest BCUT2D eigenvalue weighted by molar-refractivity contribution is 8.26. The van der Waals surface area contributed by atoms with Gasteiger partial charge in [-0.1, -0.05) is 66.4 Å². The van der Waals surface area contributed by atoms with Crippen LogP contribution in [0, 0.1) is 0 Å². The third kappa shape index (κ3) is 3.37. The molecule has 3 nitrogen and oxygen atoms in total. The molecule has 1 amide bonds. The van der Waals surface area contributed by atoms with E-state index >= 15 is 0 Å². The number of nitrogens with zero attached hydrogens (tertiary/aromatic N) is 1. The van der Waals surface area contributed by atoms with E-state index in [1.54, 1.807) is 12.0 Å². The Morgan fingerprint density at radius 1 is 1.12 bits per heavy atom. The van der Waals surface area contributed by atoms with Crippen molar-refractivity contribution in [3.8, 4) is 5.75 Å². The second-order valence-electron chi connectivity index (χ2n) is 5.41. The Kier molecular flexibility index (Phi) is 5.02. The zero-order valence-corrected chi connectivity index (χ0v) is 15.1. The predicted octanol–water partition coefficient (Wildman–Crippen LogP) is 4.66. The van der Waals surface area contributed by atoms with Crippen molar-refractivity contribution in [1.29, 1.82) is 0 Å². The molecule has 122 valence electrons. The summed E-state index contributed by atoms with van der Waals surface area (Å²) in [5.74, 6) is 0.745. The zero-order valence-electron chi connectivity index (χ0n) is 13.4. The number of rotatable bonds is 4. The van der Waals surface area contributed by atoms with E-state index in [-0.39, 0.29) is 11.9 Å². The molecule has 1 aliphatic rings. The molecule has 0 aliphatic carbocycles. The maximum atomic E-state index is 12.8. The van der Waals surface area contributed by atoms with E-state index in [0.29, 0.717) is 9.23 Å². The number of hydrogen-bond donors (Lipinski definition) is 0. The second kappa shape index (κ2) is 7.20. The summed E-state index contributed by atoms with van der Waals surface area (Å²) in [6.07, 6.45) is 1.87. The van der Waals surface area contributed by atoms with Crippen LogP contribution in [0.1, 0.15) is 24.1 Å². The normalized spacial score (nSPS) is 17.4. The topological polar surface area (TPSA) is 29.5 Å². The van der Waals surface area contributed by atoms with Gasteiger partial charge in [-0.15, -0.1) is 0 Å². The molecule has 0 aromatic heterocycles. The molecule has 0 unspecified atom stereocenters. The monoisotopic (exact) mass is 355 g/mol. The molecule has 3 rings (SSSR count). The minimum Gasteiger partial charge on any atom is -0.497 e. The smallest absolute Gasteiger partial charge is 0.266 e. The van der Waals surface area contributed by atoms with E-state index in [9.17, 15) is 4.79 Å². The van der Waals surface area contributed by atoms with Crippen LogP contribution in [0.3, 0.4) is 0 Å². The van der Waals surface area contributed by atoms with Crippen molar-refractivity contribution in [3.63, 3.8) is 0 Å². The van der Waals surface area contributed by atoms with Gasteiger partial charge in [-0.05, 0) is 36.3 Å². The minimum absolute atomic E-state index is 0.0443. The lowest BCUT2D eigenvalue weighted by atomic mass is 10.1. The summed E-state index contributed by atoms with van der Waals surface area (Å²) in [4.78, 5) is 15.1. The highest BCUT2D eigenvalue weighted by Gasteiger charge is 2.35. The molecule has 0 radical (unpaired) electrons. The first-order valence-corrected chi connectivity index (χ1v) is 8.78. The Hall–Kier alpha value is -2.11. The first-order chi connectivity index (χ1) is 11.6. The van der Waals surface area contributed by atoms with Crippen LogP contribution in [0.4, 0.5) is 0 Å². The molecule has 2 aromatic carbocycles. The van der Waals surface area contributed by atoms with E-state index in [1.165, 1.54) is 11.8 Å². The lowest BCUT2D eigenvalue weighted by Crippen LogP contribution is -2.30. The predicted molar refractivity (Wildman–Crippen MR) is 103 cm³/mol. The number of carbonyl (C=O) groups excluding carboxylic acids is 1. The molecule has 0 bridgehead atoms. The number of thioether (sulfide) groups is 1. The number of methoxy groups -OCH3 is 1. The first-order valence-electron chi connectivity index (χ1n) is 7.56. The number of benzene rings is 2. The molecule has 0 N–H and O–H groups in total. The van der Waals surface area contributed by atoms with Crippen molar-refractivity contribution in [3.05, 3.63) is 70.6 Å². The molecular formula is C19H17NO2S2. The molecular weight excluding hydrogens is 338 g/mol. The van der Waals surface area contributed by atoms with Crippen LogP contribution in [0.2, 0.25) is 0 Å². The fourth-order valence-corrected chi connectivity index (χ4v) is 3.96. The van der Waals surface area contributed by atoms with Gasteiger partial charge in [0.2, 0.25) is 0 Å². The molecule has 0 saturated carbocycles. The summed E-state index contributed by atoms with van der Waals surface area (Å²) in [7, 11) is 1.63. The number of hydrogen-bond acceptors (Lipinski definition) is 4. The second-order valence-corrected chi connectivity index (χ2v) is 7.09. The maximum Gasteiger partial charge on any atom is 0.266 e. The van der Waals surface area contributed by atoms with Gasteiger partial charge in [0, 0.05) is 0 Å². The Bertz CT molecular complexity index is 785. The molecule has 0 spiro atoms. The average Bonchev–Trinajstić information content (AvgIpc) is 2.89. The van der Waals surface area contributed by atoms with E-state index in [2.05, 4.69) is 0 Å². The Morgan fingerprint density at radius 2 is 1.79 bits per heavy atom. The zero-order chi connectivity index (χ0) is 17.1. The quantitative estimate of drug-likeness (QED) is 0.589. The SMILES string of the molecule is COc1ccc(/C=C2/SC(=S)N([C@H](C)c3ccccc3)C2=O)cc1. The van der Waals surface area contributed by atoms with E-state index in [4.69, 9.17) is 17.0 Å². The van der Waals surface area contributed by atoms with Crippen molar-refractivity contribution < 1.29 is 9.53 Å². The number of thiocarbonyl (C=S) groups is 1. The summed E-state index contributed by atoms with van der Waals surface area (Å²) >= 11 is 6.78. The van der Waals surface area contributed by atoms with Crippen LogP contribution in [-0.4, -0.2) is 22.2 Å². The van der Waals surface area contributed by atoms with Crippen LogP contribution < -0.4 is 4.74 Å². The molecule has 1 atom stereocenters. The Labute approximate surface area is 151 Å². The molecule has 1 heterocycles. The van der Waals surface area contributed by atoms with Crippen LogP contribution in [0.25, 0.3) is 6.08 Å². The van der Waals surface area contributed by atoms with E-state index in [0.717, 1.165) is 16.9 Å². The van der Waals surface area contributed by atoms with Crippen molar-refractivity contribution in [2.75, 3.05) is 7.11 Å². The Balaban J connectivity index is 1.84. The van der Waals surface area contributed by atoms with Crippen LogP contribution in [-0.2, 0) is 4.79 Å². The first kappa shape index (κ1) is 16.7. The maximum absolute atomic E-state index is 12.8. The van der Waals surface area contributed by atoms with Gasteiger partial charge in [0.1, 0.15) is 10.1 Å². The van der Waals surface area contributed by atoms with Gasteiger partial charge >= 0.3 is 0 Å². The van der Waals surface area contributed by atoms with Gasteiger partial charge in [0.25, 0.3) is 5.91 Å². The van der Waals surface area contributed by atoms with Gasteiger partial charge in [-0.2, -0.15) is 0 Å². The van der Waals surface area contributed by atoms with Gasteiger partial charge in [-0.3, -0.25) is 9.69 Å². The molecule has 2 aromatic rings. The molecule has 24 heavy (non-hydrogen) atoms. The summed E-state index contributed by atoms with van der Waals surface area (Å²) in [5.41, 5.74) is 2.02. The lowest BCUT2D eigenvalue weighted by Gasteiger charge is -2.23. The van der Waals surface area contributed by atoms with E-state index in [1.807, 2.05) is 67.6 Å². The third-order valence-corrected chi connectivity index (χ3v) is 5.24. The fraction of sp³-hybridized carbons (Fsp3) is 0.158. The Morgan fingerprint density at radius 3 is 2.42 bits per heavy atom. The number of amides is 1. The summed E-state index contributed by atoms with van der Waals surface area (Å²) in [6.45, 7) is 2.00. The average molecular weight is 355 g/mol. The van der Waals surface area contributed by atoms with Crippen molar-refractivity contribution in [1.82, 2.24) is 4.90 Å². The largest absolute Gasteiger partial charge is 0.497 e. The van der Waals surface area contributed by atoms with Crippen molar-refractivity contribution >= 4 is 40.3 Å². The molecule has 1 aliphatic heterocycles. The third-order valence-electron chi connectivity index (χ3n) is 3.91. The highest BCUT2D eigenvalue weighted by Crippen LogP contribution is 2.38. The summed E-state index contributed by atoms with van der Waals surface area (Å²) in [5, 5.41) is 0. The molecule has 1 saturated heterocycles. The van der Waals surface area contributed by atoms with Crippen molar-refractivity contribution in [2.45, 2.75) is 13.0 Å². The lowest BCUT2D eigenvalue weighted by molar-refractivity contribution is -0.123. The van der Waals surface area contributed by atoms with Gasteiger partial charge in [0.05, 0.1) is 18.1 Å². The van der Waals surface area contributed by atoms with Crippen LogP contribution >= 0.6 is 24.0 Å². The fourth-order valence-electron chi connectivity index (χ4n) is 2.55. The van der Waals surface area contributed by atoms with Crippen molar-refractivity contribution in [2.24, 2.45) is 0 Å². The molecule has 1 fully saturated rings. The van der Waals surface area contributed by atoms with E-state index < -0.39 is 0 Å².